The highest BCUT2D eigenvalue weighted by atomic mass is 19.4. The third kappa shape index (κ3) is 7.21. The second-order valence-electron chi connectivity index (χ2n) is 8.52. The zero-order chi connectivity index (χ0) is 25.6. The molecule has 1 atom stereocenters. The van der Waals surface area contributed by atoms with E-state index in [1.807, 2.05) is 48.5 Å². The predicted molar refractivity (Wildman–Crippen MR) is 122 cm³/mol. The van der Waals surface area contributed by atoms with Crippen molar-refractivity contribution in [2.24, 2.45) is 0 Å². The minimum absolute atomic E-state index is 0.0880. The van der Waals surface area contributed by atoms with Gasteiger partial charge in [0.25, 0.3) is 0 Å². The number of benzene rings is 2. The summed E-state index contributed by atoms with van der Waals surface area (Å²) < 4.78 is 43.3. The fourth-order valence-corrected chi connectivity index (χ4v) is 4.24. The van der Waals surface area contributed by atoms with Crippen LogP contribution in [0.5, 0.6) is 0 Å². The molecule has 35 heavy (non-hydrogen) atoms. The minimum Gasteiger partial charge on any atom is -0.480 e. The van der Waals surface area contributed by atoms with Gasteiger partial charge in [-0.25, -0.2) is 4.79 Å². The van der Waals surface area contributed by atoms with Crippen molar-refractivity contribution in [1.82, 2.24) is 10.2 Å². The fraction of sp³-hybridized carbons (Fsp3) is 0.400. The first-order valence-electron chi connectivity index (χ1n) is 11.2. The molecule has 0 saturated heterocycles. The lowest BCUT2D eigenvalue weighted by Crippen LogP contribution is -2.42. The maximum Gasteiger partial charge on any atom is 0.407 e. The Balaban J connectivity index is 1.46. The zero-order valence-electron chi connectivity index (χ0n) is 19.2. The van der Waals surface area contributed by atoms with E-state index in [-0.39, 0.29) is 30.3 Å². The van der Waals surface area contributed by atoms with Crippen LogP contribution in [0.15, 0.2) is 48.5 Å². The molecule has 1 aliphatic rings. The molecule has 0 heterocycles. The average molecular weight is 492 g/mol. The molecular weight excluding hydrogens is 465 g/mol. The smallest absolute Gasteiger partial charge is 0.407 e. The van der Waals surface area contributed by atoms with Crippen LogP contribution in [0.4, 0.5) is 18.0 Å². The van der Waals surface area contributed by atoms with Crippen molar-refractivity contribution in [2.45, 2.75) is 44.3 Å². The van der Waals surface area contributed by atoms with Crippen molar-refractivity contribution >= 4 is 18.0 Å². The van der Waals surface area contributed by atoms with E-state index in [1.54, 1.807) is 6.92 Å². The number of halogens is 3. The normalized spacial score (nSPS) is 13.5. The molecule has 0 fully saturated rings. The zero-order valence-corrected chi connectivity index (χ0v) is 19.2. The molecule has 0 saturated carbocycles. The van der Waals surface area contributed by atoms with Gasteiger partial charge in [-0.3, -0.25) is 9.59 Å². The number of alkyl halides is 3. The number of carbonyl (C=O) groups excluding carboxylic acids is 2. The Hall–Kier alpha value is -3.56. The van der Waals surface area contributed by atoms with Gasteiger partial charge in [0.1, 0.15) is 19.7 Å². The summed E-state index contributed by atoms with van der Waals surface area (Å²) in [4.78, 5) is 35.4. The number of rotatable bonds is 10. The van der Waals surface area contributed by atoms with E-state index in [1.165, 1.54) is 0 Å². The molecule has 2 aromatic carbocycles. The number of fused-ring (bicyclic) bond motifs is 3. The summed E-state index contributed by atoms with van der Waals surface area (Å²) in [5.41, 5.74) is 4.38. The highest BCUT2D eigenvalue weighted by Crippen LogP contribution is 2.44. The summed E-state index contributed by atoms with van der Waals surface area (Å²) in [6.07, 6.45) is -5.10. The standard InChI is InChI=1S/C25H27F3N2O5/c1-16(7-6-12-22(31)30(13-23(32)33)15-25(26,27)28)29-24(34)35-14-21-19-10-4-2-8-17(19)18-9-3-5-11-20(18)21/h2-5,8-11,16,21H,6-7,12-15H2,1H3,(H,29,34)(H,32,33). The molecule has 10 heteroatoms. The molecule has 188 valence electrons. The summed E-state index contributed by atoms with van der Waals surface area (Å²) in [6.45, 7) is -0.805. The fourth-order valence-electron chi connectivity index (χ4n) is 4.24. The molecule has 2 N–H and O–H groups in total. The molecule has 1 aliphatic carbocycles. The van der Waals surface area contributed by atoms with Crippen molar-refractivity contribution in [2.75, 3.05) is 19.7 Å². The van der Waals surface area contributed by atoms with Crippen LogP contribution in [0.2, 0.25) is 0 Å². The third-order valence-electron chi connectivity index (χ3n) is 5.78. The van der Waals surface area contributed by atoms with Crippen LogP contribution in [0.25, 0.3) is 11.1 Å². The molecule has 1 unspecified atom stereocenters. The molecule has 0 bridgehead atoms. The Morgan fingerprint density at radius 2 is 1.63 bits per heavy atom. The van der Waals surface area contributed by atoms with Crippen molar-refractivity contribution in [3.8, 4) is 11.1 Å². The number of carboxylic acids is 1. The molecule has 7 nitrogen and oxygen atoms in total. The number of nitrogens with zero attached hydrogens (tertiary/aromatic N) is 1. The van der Waals surface area contributed by atoms with Gasteiger partial charge < -0.3 is 20.1 Å². The molecule has 2 amide bonds. The van der Waals surface area contributed by atoms with E-state index in [4.69, 9.17) is 9.84 Å². The number of carboxylic acid groups (broad SMARTS) is 1. The van der Waals surface area contributed by atoms with Crippen LogP contribution in [0.3, 0.4) is 0 Å². The molecular formula is C25H27F3N2O5. The lowest BCUT2D eigenvalue weighted by Gasteiger charge is -2.22. The van der Waals surface area contributed by atoms with Gasteiger partial charge in [0.2, 0.25) is 5.91 Å². The topological polar surface area (TPSA) is 95.9 Å². The van der Waals surface area contributed by atoms with Gasteiger partial charge in [0.05, 0.1) is 0 Å². The lowest BCUT2D eigenvalue weighted by atomic mass is 9.98. The first-order valence-corrected chi connectivity index (χ1v) is 11.2. The molecule has 2 aromatic rings. The SMILES string of the molecule is CC(CCCC(=O)N(CC(=O)O)CC(F)(F)F)NC(=O)OCC1c2ccccc2-c2ccccc21. The first-order chi connectivity index (χ1) is 16.5. The van der Waals surface area contributed by atoms with Crippen LogP contribution < -0.4 is 5.32 Å². The molecule has 0 spiro atoms. The number of ether oxygens (including phenoxy) is 1. The van der Waals surface area contributed by atoms with Crippen LogP contribution in [0, 0.1) is 0 Å². The number of hydrogen-bond acceptors (Lipinski definition) is 4. The van der Waals surface area contributed by atoms with Gasteiger partial charge in [-0.1, -0.05) is 48.5 Å². The summed E-state index contributed by atoms with van der Waals surface area (Å²) in [5.74, 6) is -2.51. The predicted octanol–water partition coefficient (Wildman–Crippen LogP) is 4.56. The van der Waals surface area contributed by atoms with E-state index < -0.39 is 43.3 Å². The van der Waals surface area contributed by atoms with Gasteiger partial charge in [-0.05, 0) is 42.0 Å². The Bertz CT molecular complexity index is 1030. The van der Waals surface area contributed by atoms with Gasteiger partial charge >= 0.3 is 18.2 Å². The van der Waals surface area contributed by atoms with Crippen LogP contribution >= 0.6 is 0 Å². The Kier molecular flexibility index (Phi) is 8.37. The number of hydrogen-bond donors (Lipinski definition) is 2. The van der Waals surface area contributed by atoms with E-state index in [2.05, 4.69) is 5.32 Å². The monoisotopic (exact) mass is 492 g/mol. The van der Waals surface area contributed by atoms with E-state index >= 15 is 0 Å². The Morgan fingerprint density at radius 1 is 1.06 bits per heavy atom. The molecule has 0 aliphatic heterocycles. The quantitative estimate of drug-likeness (QED) is 0.507. The van der Waals surface area contributed by atoms with Gasteiger partial charge in [0.15, 0.2) is 0 Å². The first kappa shape index (κ1) is 26.1. The maximum atomic E-state index is 12.6. The summed E-state index contributed by atoms with van der Waals surface area (Å²) >= 11 is 0. The van der Waals surface area contributed by atoms with Crippen molar-refractivity contribution in [1.29, 1.82) is 0 Å². The largest absolute Gasteiger partial charge is 0.480 e. The minimum atomic E-state index is -4.69. The average Bonchev–Trinajstić information content (AvgIpc) is 3.09. The number of amides is 2. The Labute approximate surface area is 200 Å². The van der Waals surface area contributed by atoms with Crippen molar-refractivity contribution < 1.29 is 37.4 Å². The number of aliphatic carboxylic acids is 1. The van der Waals surface area contributed by atoms with Crippen molar-refractivity contribution in [3.63, 3.8) is 0 Å². The number of nitrogens with one attached hydrogen (secondary N) is 1. The van der Waals surface area contributed by atoms with Gasteiger partial charge in [-0.2, -0.15) is 13.2 Å². The van der Waals surface area contributed by atoms with Crippen LogP contribution in [-0.2, 0) is 14.3 Å². The summed E-state index contributed by atoms with van der Waals surface area (Å²) in [6, 6.07) is 15.5. The summed E-state index contributed by atoms with van der Waals surface area (Å²) in [5, 5.41) is 11.4. The maximum absolute atomic E-state index is 12.6. The van der Waals surface area contributed by atoms with Gasteiger partial charge in [0, 0.05) is 18.4 Å². The number of alkyl carbamates (subject to hydrolysis) is 1. The second-order valence-corrected chi connectivity index (χ2v) is 8.52. The van der Waals surface area contributed by atoms with Crippen LogP contribution in [0.1, 0.15) is 43.2 Å². The van der Waals surface area contributed by atoms with Crippen molar-refractivity contribution in [3.05, 3.63) is 59.7 Å². The highest BCUT2D eigenvalue weighted by Gasteiger charge is 2.34. The third-order valence-corrected chi connectivity index (χ3v) is 5.78. The lowest BCUT2D eigenvalue weighted by molar-refractivity contribution is -0.165. The van der Waals surface area contributed by atoms with E-state index in [0.29, 0.717) is 6.42 Å². The van der Waals surface area contributed by atoms with Gasteiger partial charge in [-0.15, -0.1) is 0 Å². The highest BCUT2D eigenvalue weighted by molar-refractivity contribution is 5.81. The Morgan fingerprint density at radius 3 is 2.17 bits per heavy atom. The second kappa shape index (κ2) is 11.2. The number of carbonyl (C=O) groups is 3. The van der Waals surface area contributed by atoms with E-state index in [9.17, 15) is 27.6 Å². The molecule has 0 radical (unpaired) electrons. The molecule has 0 aromatic heterocycles. The summed E-state index contributed by atoms with van der Waals surface area (Å²) in [7, 11) is 0. The molecule has 3 rings (SSSR count). The van der Waals surface area contributed by atoms with E-state index in [0.717, 1.165) is 22.3 Å². The van der Waals surface area contributed by atoms with Crippen LogP contribution in [-0.4, -0.2) is 59.9 Å².